The predicted molar refractivity (Wildman–Crippen MR) is 76.0 cm³/mol. The second-order valence-electron chi connectivity index (χ2n) is 4.28. The Bertz CT molecular complexity index is 521. The number of aromatic nitrogens is 3. The van der Waals surface area contributed by atoms with Crippen molar-refractivity contribution in [1.82, 2.24) is 15.2 Å². The van der Waals surface area contributed by atoms with Crippen molar-refractivity contribution in [2.75, 3.05) is 11.9 Å². The smallest absolute Gasteiger partial charge is 0.206 e. The van der Waals surface area contributed by atoms with Crippen molar-refractivity contribution in [3.8, 4) is 10.6 Å². The van der Waals surface area contributed by atoms with E-state index in [9.17, 15) is 0 Å². The maximum absolute atomic E-state index is 4.45. The molecule has 1 N–H and O–H groups in total. The third kappa shape index (κ3) is 3.04. The average Bonchev–Trinajstić information content (AvgIpc) is 2.78. The predicted octanol–water partition coefficient (Wildman–Crippen LogP) is 3.43. The highest BCUT2D eigenvalue weighted by Crippen LogP contribution is 2.28. The molecule has 0 saturated carbocycles. The van der Waals surface area contributed by atoms with Crippen molar-refractivity contribution in [3.05, 3.63) is 23.5 Å². The number of hydrogen-bond acceptors (Lipinski definition) is 5. The summed E-state index contributed by atoms with van der Waals surface area (Å²) in [6.45, 7) is 7.13. The molecule has 0 aromatic carbocycles. The Labute approximate surface area is 111 Å². The Hall–Kier alpha value is -1.49. The van der Waals surface area contributed by atoms with Gasteiger partial charge in [-0.2, -0.15) is 0 Å². The summed E-state index contributed by atoms with van der Waals surface area (Å²) in [5, 5.41) is 13.5. The van der Waals surface area contributed by atoms with Crippen LogP contribution in [0.15, 0.2) is 12.1 Å². The van der Waals surface area contributed by atoms with Crippen LogP contribution in [-0.2, 0) is 0 Å². The summed E-state index contributed by atoms with van der Waals surface area (Å²) >= 11 is 1.58. The van der Waals surface area contributed by atoms with Gasteiger partial charge in [-0.3, -0.25) is 4.98 Å². The molecule has 5 heteroatoms. The molecule has 96 valence electrons. The molecule has 0 bridgehead atoms. The van der Waals surface area contributed by atoms with Gasteiger partial charge in [0.2, 0.25) is 5.13 Å². The number of hydrogen-bond donors (Lipinski definition) is 1. The van der Waals surface area contributed by atoms with Crippen molar-refractivity contribution in [1.29, 1.82) is 0 Å². The van der Waals surface area contributed by atoms with Gasteiger partial charge in [0, 0.05) is 23.5 Å². The van der Waals surface area contributed by atoms with Crippen molar-refractivity contribution < 1.29 is 0 Å². The number of unbranched alkanes of at least 4 members (excludes halogenated alkanes) is 1. The average molecular weight is 262 g/mol. The highest BCUT2D eigenvalue weighted by molar-refractivity contribution is 7.18. The monoisotopic (exact) mass is 262 g/mol. The van der Waals surface area contributed by atoms with E-state index in [4.69, 9.17) is 0 Å². The topological polar surface area (TPSA) is 50.7 Å². The lowest BCUT2D eigenvalue weighted by atomic mass is 10.2. The van der Waals surface area contributed by atoms with E-state index in [1.165, 1.54) is 6.42 Å². The van der Waals surface area contributed by atoms with E-state index in [1.807, 2.05) is 19.9 Å². The van der Waals surface area contributed by atoms with E-state index in [-0.39, 0.29) is 0 Å². The quantitative estimate of drug-likeness (QED) is 0.839. The van der Waals surface area contributed by atoms with Crippen LogP contribution >= 0.6 is 11.3 Å². The van der Waals surface area contributed by atoms with Crippen LogP contribution in [0.2, 0.25) is 0 Å². The summed E-state index contributed by atoms with van der Waals surface area (Å²) in [5.41, 5.74) is 3.11. The van der Waals surface area contributed by atoms with Gasteiger partial charge < -0.3 is 5.32 Å². The van der Waals surface area contributed by atoms with Crippen LogP contribution in [0.4, 0.5) is 5.13 Å². The van der Waals surface area contributed by atoms with Gasteiger partial charge in [0.15, 0.2) is 5.01 Å². The van der Waals surface area contributed by atoms with E-state index in [2.05, 4.69) is 33.5 Å². The SMILES string of the molecule is CCCCNc1nnc(-c2ccc(C)nc2C)s1. The lowest BCUT2D eigenvalue weighted by molar-refractivity contribution is 0.831. The molecule has 0 spiro atoms. The van der Waals surface area contributed by atoms with Crippen LogP contribution in [-0.4, -0.2) is 21.7 Å². The fourth-order valence-corrected chi connectivity index (χ4v) is 2.53. The summed E-state index contributed by atoms with van der Waals surface area (Å²) in [5.74, 6) is 0. The molecule has 2 aromatic rings. The lowest BCUT2D eigenvalue weighted by Crippen LogP contribution is -1.99. The van der Waals surface area contributed by atoms with Crippen molar-refractivity contribution in [2.24, 2.45) is 0 Å². The molecular weight excluding hydrogens is 244 g/mol. The minimum atomic E-state index is 0.887. The molecule has 0 saturated heterocycles. The van der Waals surface area contributed by atoms with Crippen molar-refractivity contribution >= 4 is 16.5 Å². The summed E-state index contributed by atoms with van der Waals surface area (Å²) in [7, 11) is 0. The Morgan fingerprint density at radius 1 is 1.22 bits per heavy atom. The Balaban J connectivity index is 2.13. The van der Waals surface area contributed by atoms with Gasteiger partial charge in [-0.15, -0.1) is 10.2 Å². The van der Waals surface area contributed by atoms with Crippen LogP contribution in [0.5, 0.6) is 0 Å². The molecule has 0 aliphatic carbocycles. The molecule has 0 atom stereocenters. The number of rotatable bonds is 5. The van der Waals surface area contributed by atoms with Gasteiger partial charge in [-0.1, -0.05) is 24.7 Å². The van der Waals surface area contributed by atoms with Crippen LogP contribution in [0.25, 0.3) is 10.6 Å². The van der Waals surface area contributed by atoms with E-state index < -0.39 is 0 Å². The molecule has 2 heterocycles. The number of nitrogens with zero attached hydrogens (tertiary/aromatic N) is 3. The third-order valence-electron chi connectivity index (χ3n) is 2.69. The van der Waals surface area contributed by atoms with Gasteiger partial charge in [-0.25, -0.2) is 0 Å². The van der Waals surface area contributed by atoms with Crippen LogP contribution in [0.1, 0.15) is 31.2 Å². The minimum Gasteiger partial charge on any atom is -0.360 e. The number of anilines is 1. The molecule has 0 unspecified atom stereocenters. The summed E-state index contributed by atoms with van der Waals surface area (Å²) < 4.78 is 0. The molecule has 0 fully saturated rings. The first kappa shape index (κ1) is 13.0. The molecule has 0 aliphatic rings. The Morgan fingerprint density at radius 2 is 2.06 bits per heavy atom. The fraction of sp³-hybridized carbons (Fsp3) is 0.462. The molecule has 18 heavy (non-hydrogen) atoms. The van der Waals surface area contributed by atoms with Crippen LogP contribution in [0, 0.1) is 13.8 Å². The molecule has 2 aromatic heterocycles. The third-order valence-corrected chi connectivity index (χ3v) is 3.60. The fourth-order valence-electron chi connectivity index (χ4n) is 1.69. The number of pyridine rings is 1. The zero-order chi connectivity index (χ0) is 13.0. The molecule has 0 radical (unpaired) electrons. The van der Waals surface area contributed by atoms with Gasteiger partial charge in [0.05, 0.1) is 0 Å². The van der Waals surface area contributed by atoms with Gasteiger partial charge in [0.25, 0.3) is 0 Å². The summed E-state index contributed by atoms with van der Waals surface area (Å²) in [6, 6.07) is 4.07. The zero-order valence-corrected chi connectivity index (χ0v) is 11.8. The van der Waals surface area contributed by atoms with E-state index >= 15 is 0 Å². The second kappa shape index (κ2) is 5.91. The van der Waals surface area contributed by atoms with Crippen molar-refractivity contribution in [3.63, 3.8) is 0 Å². The lowest BCUT2D eigenvalue weighted by Gasteiger charge is -2.01. The molecule has 2 rings (SSSR count). The highest BCUT2D eigenvalue weighted by Gasteiger charge is 2.09. The van der Waals surface area contributed by atoms with E-state index in [0.717, 1.165) is 40.1 Å². The first-order valence-corrected chi connectivity index (χ1v) is 7.04. The van der Waals surface area contributed by atoms with Gasteiger partial charge >= 0.3 is 0 Å². The van der Waals surface area contributed by atoms with Crippen LogP contribution in [0.3, 0.4) is 0 Å². The normalized spacial score (nSPS) is 10.6. The number of nitrogens with one attached hydrogen (secondary N) is 1. The van der Waals surface area contributed by atoms with Crippen molar-refractivity contribution in [2.45, 2.75) is 33.6 Å². The summed E-state index contributed by atoms with van der Waals surface area (Å²) in [6.07, 6.45) is 2.33. The van der Waals surface area contributed by atoms with Crippen LogP contribution < -0.4 is 5.32 Å². The molecular formula is C13H18N4S. The largest absolute Gasteiger partial charge is 0.360 e. The standard InChI is InChI=1S/C13H18N4S/c1-4-5-8-14-13-17-16-12(18-13)11-7-6-9(2)15-10(11)3/h6-7H,4-5,8H2,1-3H3,(H,14,17). The van der Waals surface area contributed by atoms with E-state index in [1.54, 1.807) is 11.3 Å². The Morgan fingerprint density at radius 3 is 2.78 bits per heavy atom. The molecule has 4 nitrogen and oxygen atoms in total. The van der Waals surface area contributed by atoms with E-state index in [0.29, 0.717) is 0 Å². The molecule has 0 aliphatic heterocycles. The van der Waals surface area contributed by atoms with Gasteiger partial charge in [0.1, 0.15) is 0 Å². The molecule has 0 amide bonds. The zero-order valence-electron chi connectivity index (χ0n) is 11.0. The number of aryl methyl sites for hydroxylation is 2. The Kier molecular flexibility index (Phi) is 4.25. The first-order chi connectivity index (χ1) is 8.70. The highest BCUT2D eigenvalue weighted by atomic mass is 32.1. The second-order valence-corrected chi connectivity index (χ2v) is 5.26. The summed E-state index contributed by atoms with van der Waals surface area (Å²) in [4.78, 5) is 4.45. The minimum absolute atomic E-state index is 0.887. The first-order valence-electron chi connectivity index (χ1n) is 6.22. The van der Waals surface area contributed by atoms with Gasteiger partial charge in [-0.05, 0) is 32.4 Å². The maximum Gasteiger partial charge on any atom is 0.206 e. The maximum atomic E-state index is 4.45.